The highest BCUT2D eigenvalue weighted by atomic mass is 16.5. The van der Waals surface area contributed by atoms with Gasteiger partial charge in [0.2, 0.25) is 5.91 Å². The van der Waals surface area contributed by atoms with Crippen LogP contribution in [0.3, 0.4) is 0 Å². The summed E-state index contributed by atoms with van der Waals surface area (Å²) in [6.07, 6.45) is -0.331. The Kier molecular flexibility index (Phi) is 4.86. The van der Waals surface area contributed by atoms with Crippen LogP contribution in [0.1, 0.15) is 20.8 Å². The molecule has 0 radical (unpaired) electrons. The van der Waals surface area contributed by atoms with Crippen LogP contribution in [0.4, 0.5) is 0 Å². The molecule has 0 aliphatic heterocycles. The van der Waals surface area contributed by atoms with Crippen molar-refractivity contribution in [2.24, 2.45) is 5.92 Å². The maximum atomic E-state index is 10.9. The average molecular weight is 159 g/mol. The maximum Gasteiger partial charge on any atom is 0.248 e. The van der Waals surface area contributed by atoms with Gasteiger partial charge >= 0.3 is 0 Å². The fraction of sp³-hybridized carbons (Fsp3) is 0.875. The van der Waals surface area contributed by atoms with Gasteiger partial charge in [0.1, 0.15) is 6.10 Å². The smallest absolute Gasteiger partial charge is 0.248 e. The topological polar surface area (TPSA) is 38.3 Å². The third kappa shape index (κ3) is 4.79. The number of carbonyl (C=O) groups is 1. The van der Waals surface area contributed by atoms with Gasteiger partial charge < -0.3 is 10.1 Å². The van der Waals surface area contributed by atoms with Crippen molar-refractivity contribution < 1.29 is 9.53 Å². The van der Waals surface area contributed by atoms with E-state index in [-0.39, 0.29) is 12.0 Å². The average Bonchev–Trinajstić information content (AvgIpc) is 1.98. The van der Waals surface area contributed by atoms with Gasteiger partial charge in [-0.3, -0.25) is 4.79 Å². The van der Waals surface area contributed by atoms with E-state index in [0.717, 1.165) is 0 Å². The van der Waals surface area contributed by atoms with Crippen LogP contribution in [0, 0.1) is 5.92 Å². The van der Waals surface area contributed by atoms with Crippen molar-refractivity contribution in [1.29, 1.82) is 0 Å². The highest BCUT2D eigenvalue weighted by Crippen LogP contribution is 1.97. The summed E-state index contributed by atoms with van der Waals surface area (Å²) in [7, 11) is 1.61. The first kappa shape index (κ1) is 10.4. The zero-order valence-corrected chi connectivity index (χ0v) is 7.68. The summed E-state index contributed by atoms with van der Waals surface area (Å²) in [6, 6.07) is 0. The normalized spacial score (nSPS) is 13.2. The van der Waals surface area contributed by atoms with Gasteiger partial charge in [0.25, 0.3) is 0 Å². The third-order valence-corrected chi connectivity index (χ3v) is 1.30. The molecular formula is C8H17NO2. The van der Waals surface area contributed by atoms with Crippen LogP contribution in [0.15, 0.2) is 0 Å². The number of hydrogen-bond acceptors (Lipinski definition) is 2. The van der Waals surface area contributed by atoms with E-state index >= 15 is 0 Å². The van der Waals surface area contributed by atoms with Gasteiger partial charge in [-0.05, 0) is 12.8 Å². The molecule has 11 heavy (non-hydrogen) atoms. The lowest BCUT2D eigenvalue weighted by molar-refractivity contribution is -0.131. The number of ether oxygens (including phenoxy) is 1. The van der Waals surface area contributed by atoms with Crippen LogP contribution >= 0.6 is 0 Å². The van der Waals surface area contributed by atoms with Crippen molar-refractivity contribution in [3.05, 3.63) is 0 Å². The van der Waals surface area contributed by atoms with Crippen LogP contribution in [-0.2, 0) is 9.53 Å². The summed E-state index contributed by atoms with van der Waals surface area (Å²) >= 11 is 0. The fourth-order valence-electron chi connectivity index (χ4n) is 0.616. The molecule has 66 valence electrons. The minimum atomic E-state index is -0.331. The van der Waals surface area contributed by atoms with Crippen LogP contribution in [0.5, 0.6) is 0 Å². The van der Waals surface area contributed by atoms with Crippen LogP contribution in [0.25, 0.3) is 0 Å². The second kappa shape index (κ2) is 5.13. The quantitative estimate of drug-likeness (QED) is 0.658. The number of likely N-dealkylation sites (N-methyl/N-ethyl adjacent to an activating group) is 1. The van der Waals surface area contributed by atoms with Crippen LogP contribution < -0.4 is 5.32 Å². The molecule has 0 fully saturated rings. The first-order valence-electron chi connectivity index (χ1n) is 3.91. The summed E-state index contributed by atoms with van der Waals surface area (Å²) < 4.78 is 5.24. The number of amides is 1. The molecule has 0 aromatic rings. The molecule has 1 amide bonds. The summed E-state index contributed by atoms with van der Waals surface area (Å²) in [6.45, 7) is 6.49. The van der Waals surface area contributed by atoms with Crippen molar-refractivity contribution in [1.82, 2.24) is 5.32 Å². The lowest BCUT2D eigenvalue weighted by Crippen LogP contribution is -2.32. The molecule has 1 atom stereocenters. The Labute approximate surface area is 68.1 Å². The van der Waals surface area contributed by atoms with E-state index in [4.69, 9.17) is 4.74 Å². The Morgan fingerprint density at radius 3 is 2.36 bits per heavy atom. The Morgan fingerprint density at radius 2 is 2.00 bits per heavy atom. The second-order valence-electron chi connectivity index (χ2n) is 2.98. The lowest BCUT2D eigenvalue weighted by Gasteiger charge is -2.12. The van der Waals surface area contributed by atoms with E-state index in [9.17, 15) is 4.79 Å². The summed E-state index contributed by atoms with van der Waals surface area (Å²) in [5.74, 6) is 0.410. The molecule has 0 rings (SSSR count). The summed E-state index contributed by atoms with van der Waals surface area (Å²) in [5.41, 5.74) is 0. The third-order valence-electron chi connectivity index (χ3n) is 1.30. The van der Waals surface area contributed by atoms with E-state index in [0.29, 0.717) is 12.5 Å². The fourth-order valence-corrected chi connectivity index (χ4v) is 0.616. The van der Waals surface area contributed by atoms with E-state index in [1.165, 1.54) is 0 Å². The first-order valence-corrected chi connectivity index (χ1v) is 3.91. The molecule has 3 nitrogen and oxygen atoms in total. The molecule has 0 saturated carbocycles. The minimum Gasteiger partial charge on any atom is -0.368 e. The van der Waals surface area contributed by atoms with Crippen LogP contribution in [-0.4, -0.2) is 25.7 Å². The standard InChI is InChI=1S/C8H17NO2/c1-6(2)5-11-7(3)8(10)9-4/h6-7H,5H2,1-4H3,(H,9,10). The lowest BCUT2D eigenvalue weighted by atomic mass is 10.2. The van der Waals surface area contributed by atoms with E-state index in [1.54, 1.807) is 14.0 Å². The second-order valence-corrected chi connectivity index (χ2v) is 2.98. The predicted octanol–water partition coefficient (Wildman–Crippen LogP) is 0.793. The molecule has 0 bridgehead atoms. The zero-order chi connectivity index (χ0) is 8.85. The highest BCUT2D eigenvalue weighted by Gasteiger charge is 2.10. The molecule has 3 heteroatoms. The largest absolute Gasteiger partial charge is 0.368 e. The van der Waals surface area contributed by atoms with Gasteiger partial charge in [-0.1, -0.05) is 13.8 Å². The predicted molar refractivity (Wildman–Crippen MR) is 44.3 cm³/mol. The van der Waals surface area contributed by atoms with E-state index in [2.05, 4.69) is 19.2 Å². The Morgan fingerprint density at radius 1 is 1.45 bits per heavy atom. The van der Waals surface area contributed by atoms with Crippen molar-refractivity contribution in [3.63, 3.8) is 0 Å². The number of hydrogen-bond donors (Lipinski definition) is 1. The van der Waals surface area contributed by atoms with Crippen molar-refractivity contribution in [2.75, 3.05) is 13.7 Å². The van der Waals surface area contributed by atoms with Gasteiger partial charge in [0, 0.05) is 13.7 Å². The van der Waals surface area contributed by atoms with Gasteiger partial charge in [0.05, 0.1) is 0 Å². The molecule has 0 aromatic heterocycles. The SMILES string of the molecule is CNC(=O)C(C)OCC(C)C. The Hall–Kier alpha value is -0.570. The molecule has 0 saturated heterocycles. The van der Waals surface area contributed by atoms with Crippen molar-refractivity contribution >= 4 is 5.91 Å². The monoisotopic (exact) mass is 159 g/mol. The van der Waals surface area contributed by atoms with Gasteiger partial charge in [-0.15, -0.1) is 0 Å². The molecule has 1 N–H and O–H groups in total. The van der Waals surface area contributed by atoms with Crippen LogP contribution in [0.2, 0.25) is 0 Å². The van der Waals surface area contributed by atoms with E-state index < -0.39 is 0 Å². The van der Waals surface area contributed by atoms with Gasteiger partial charge in [-0.25, -0.2) is 0 Å². The molecule has 0 spiro atoms. The summed E-state index contributed by atoms with van der Waals surface area (Å²) in [4.78, 5) is 10.9. The van der Waals surface area contributed by atoms with Crippen molar-refractivity contribution in [3.8, 4) is 0 Å². The van der Waals surface area contributed by atoms with Crippen molar-refractivity contribution in [2.45, 2.75) is 26.9 Å². The number of carbonyl (C=O) groups excluding carboxylic acids is 1. The molecule has 0 aliphatic carbocycles. The first-order chi connectivity index (χ1) is 5.07. The Bertz CT molecular complexity index is 123. The number of rotatable bonds is 4. The molecule has 0 aromatic carbocycles. The number of nitrogens with one attached hydrogen (secondary N) is 1. The minimum absolute atomic E-state index is 0.0642. The zero-order valence-electron chi connectivity index (χ0n) is 7.68. The molecule has 1 unspecified atom stereocenters. The summed E-state index contributed by atoms with van der Waals surface area (Å²) in [5, 5.41) is 2.52. The maximum absolute atomic E-state index is 10.9. The molecule has 0 aliphatic rings. The highest BCUT2D eigenvalue weighted by molar-refractivity contribution is 5.79. The molecule has 0 heterocycles. The molecular weight excluding hydrogens is 142 g/mol. The van der Waals surface area contributed by atoms with Gasteiger partial charge in [0.15, 0.2) is 0 Å². The Balaban J connectivity index is 3.52. The van der Waals surface area contributed by atoms with E-state index in [1.807, 2.05) is 0 Å². The van der Waals surface area contributed by atoms with Gasteiger partial charge in [-0.2, -0.15) is 0 Å².